The number of benzene rings is 1. The first-order chi connectivity index (χ1) is 12.2. The van der Waals surface area contributed by atoms with Crippen molar-refractivity contribution >= 4 is 17.4 Å². The van der Waals surface area contributed by atoms with Gasteiger partial charge in [-0.05, 0) is 24.1 Å². The monoisotopic (exact) mass is 388 g/mol. The molecule has 2 aromatic rings. The Labute approximate surface area is 153 Å². The van der Waals surface area contributed by atoms with E-state index in [1.165, 1.54) is 12.1 Å². The van der Waals surface area contributed by atoms with Crippen LogP contribution in [0.25, 0.3) is 0 Å². The molecule has 0 N–H and O–H groups in total. The first-order valence-electron chi connectivity index (χ1n) is 8.02. The van der Waals surface area contributed by atoms with Crippen molar-refractivity contribution in [3.8, 4) is 0 Å². The fourth-order valence-electron chi connectivity index (χ4n) is 3.05. The average Bonchev–Trinajstić information content (AvgIpc) is 3.05. The van der Waals surface area contributed by atoms with Gasteiger partial charge in [-0.2, -0.15) is 13.2 Å². The van der Waals surface area contributed by atoms with E-state index in [9.17, 15) is 17.6 Å². The number of aromatic nitrogens is 2. The maximum Gasteiger partial charge on any atom is 0.433 e. The lowest BCUT2D eigenvalue weighted by atomic mass is 10.2. The van der Waals surface area contributed by atoms with Crippen LogP contribution in [0.3, 0.4) is 0 Å². The zero-order valence-electron chi connectivity index (χ0n) is 14.0. The highest BCUT2D eigenvalue weighted by Gasteiger charge is 2.34. The molecule has 1 aliphatic heterocycles. The van der Waals surface area contributed by atoms with E-state index in [2.05, 4.69) is 14.9 Å². The van der Waals surface area contributed by atoms with Gasteiger partial charge in [-0.3, -0.25) is 4.90 Å². The summed E-state index contributed by atoms with van der Waals surface area (Å²) in [5, 5.41) is 0.0806. The molecule has 1 aromatic carbocycles. The molecule has 1 aromatic heterocycles. The van der Waals surface area contributed by atoms with Gasteiger partial charge >= 0.3 is 6.18 Å². The lowest BCUT2D eigenvalue weighted by Gasteiger charge is -2.26. The lowest BCUT2D eigenvalue weighted by molar-refractivity contribution is -0.141. The van der Waals surface area contributed by atoms with E-state index in [4.69, 9.17) is 11.6 Å². The van der Waals surface area contributed by atoms with Gasteiger partial charge in [0.25, 0.3) is 0 Å². The molecule has 1 atom stereocenters. The number of hydrogen-bond donors (Lipinski definition) is 0. The van der Waals surface area contributed by atoms with Gasteiger partial charge in [0.15, 0.2) is 0 Å². The van der Waals surface area contributed by atoms with Crippen LogP contribution in [0.1, 0.15) is 17.7 Å². The molecule has 0 radical (unpaired) electrons. The van der Waals surface area contributed by atoms with Crippen molar-refractivity contribution in [2.45, 2.75) is 25.2 Å². The van der Waals surface area contributed by atoms with Crippen LogP contribution < -0.4 is 4.90 Å². The minimum Gasteiger partial charge on any atom is -0.355 e. The maximum atomic E-state index is 13.5. The quantitative estimate of drug-likeness (QED) is 0.741. The molecular formula is C17H17ClF4N4. The highest BCUT2D eigenvalue weighted by atomic mass is 35.5. The van der Waals surface area contributed by atoms with E-state index >= 15 is 0 Å². The highest BCUT2D eigenvalue weighted by molar-refractivity contribution is 6.30. The van der Waals surface area contributed by atoms with E-state index in [1.54, 1.807) is 18.0 Å². The van der Waals surface area contributed by atoms with E-state index in [1.807, 2.05) is 0 Å². The molecule has 9 heteroatoms. The van der Waals surface area contributed by atoms with Crippen molar-refractivity contribution in [3.05, 3.63) is 52.7 Å². The van der Waals surface area contributed by atoms with Crippen LogP contribution in [0.5, 0.6) is 0 Å². The molecule has 1 fully saturated rings. The maximum absolute atomic E-state index is 13.5. The molecule has 0 spiro atoms. The smallest absolute Gasteiger partial charge is 0.355 e. The summed E-state index contributed by atoms with van der Waals surface area (Å²) in [5.41, 5.74) is -0.155. The van der Waals surface area contributed by atoms with Crippen LogP contribution in [0.4, 0.5) is 23.4 Å². The minimum absolute atomic E-state index is 0.0168. The van der Waals surface area contributed by atoms with Crippen molar-refractivity contribution in [1.29, 1.82) is 0 Å². The summed E-state index contributed by atoms with van der Waals surface area (Å²) in [7, 11) is 1.72. The Morgan fingerprint density at radius 3 is 2.73 bits per heavy atom. The SMILES string of the molecule is CN(c1cc(C(F)(F)F)ncn1)C1CCN(Cc2ccc(Cl)c(F)c2)C1. The number of alkyl halides is 3. The first kappa shape index (κ1) is 18.8. The normalized spacial score (nSPS) is 18.3. The number of rotatable bonds is 4. The summed E-state index contributed by atoms with van der Waals surface area (Å²) >= 11 is 5.69. The topological polar surface area (TPSA) is 32.3 Å². The number of halogens is 5. The second-order valence-electron chi connectivity index (χ2n) is 6.30. The van der Waals surface area contributed by atoms with Crippen molar-refractivity contribution in [1.82, 2.24) is 14.9 Å². The zero-order valence-corrected chi connectivity index (χ0v) is 14.7. The molecule has 2 heterocycles. The van der Waals surface area contributed by atoms with Crippen LogP contribution in [-0.4, -0.2) is 41.0 Å². The predicted molar refractivity (Wildman–Crippen MR) is 90.5 cm³/mol. The largest absolute Gasteiger partial charge is 0.433 e. The highest BCUT2D eigenvalue weighted by Crippen LogP contribution is 2.30. The standard InChI is InChI=1S/C17H17ClF4N4/c1-25(16-7-15(17(20,21)22)23-10-24-16)12-4-5-26(9-12)8-11-2-3-13(18)14(19)6-11/h2-3,6-7,10,12H,4-5,8-9H2,1H3. The molecule has 1 aliphatic rings. The number of anilines is 1. The van der Waals surface area contributed by atoms with E-state index in [-0.39, 0.29) is 16.9 Å². The summed E-state index contributed by atoms with van der Waals surface area (Å²) < 4.78 is 52.0. The first-order valence-corrected chi connectivity index (χ1v) is 8.40. The summed E-state index contributed by atoms with van der Waals surface area (Å²) in [4.78, 5) is 11.1. The molecule has 0 saturated carbocycles. The number of hydrogen-bond acceptors (Lipinski definition) is 4. The molecule has 0 aliphatic carbocycles. The molecule has 0 amide bonds. The average molecular weight is 389 g/mol. The summed E-state index contributed by atoms with van der Waals surface area (Å²) in [6.07, 6.45) is -2.80. The van der Waals surface area contributed by atoms with Crippen molar-refractivity contribution < 1.29 is 17.6 Å². The van der Waals surface area contributed by atoms with Crippen LogP contribution in [0.2, 0.25) is 5.02 Å². The molecule has 3 rings (SSSR count). The summed E-state index contributed by atoms with van der Waals surface area (Å²) in [6.45, 7) is 1.96. The zero-order chi connectivity index (χ0) is 18.9. The van der Waals surface area contributed by atoms with Gasteiger partial charge in [0, 0.05) is 38.8 Å². The molecular weight excluding hydrogens is 372 g/mol. The Morgan fingerprint density at radius 1 is 1.27 bits per heavy atom. The lowest BCUT2D eigenvalue weighted by Crippen LogP contribution is -2.35. The molecule has 140 valence electrons. The van der Waals surface area contributed by atoms with Gasteiger partial charge < -0.3 is 4.90 Å². The Hall–Kier alpha value is -1.93. The van der Waals surface area contributed by atoms with Crippen molar-refractivity contribution in [3.63, 3.8) is 0 Å². The van der Waals surface area contributed by atoms with E-state index in [0.717, 1.165) is 30.9 Å². The molecule has 1 unspecified atom stereocenters. The molecule has 26 heavy (non-hydrogen) atoms. The van der Waals surface area contributed by atoms with Crippen LogP contribution in [0, 0.1) is 5.82 Å². The van der Waals surface area contributed by atoms with Gasteiger partial charge in [-0.15, -0.1) is 0 Å². The van der Waals surface area contributed by atoms with Crippen molar-refractivity contribution in [2.75, 3.05) is 25.0 Å². The fourth-order valence-corrected chi connectivity index (χ4v) is 3.17. The third kappa shape index (κ3) is 4.24. The summed E-state index contributed by atoms with van der Waals surface area (Å²) in [6, 6.07) is 5.66. The van der Waals surface area contributed by atoms with Crippen molar-refractivity contribution in [2.24, 2.45) is 0 Å². The number of nitrogens with zero attached hydrogens (tertiary/aromatic N) is 4. The Bertz CT molecular complexity index is 784. The third-order valence-electron chi connectivity index (χ3n) is 4.49. The minimum atomic E-state index is -4.50. The Balaban J connectivity index is 1.65. The van der Waals surface area contributed by atoms with Gasteiger partial charge in [0.1, 0.15) is 23.7 Å². The van der Waals surface area contributed by atoms with Crippen LogP contribution >= 0.6 is 11.6 Å². The predicted octanol–water partition coefficient (Wildman–Crippen LogP) is 4.00. The van der Waals surface area contributed by atoms with E-state index in [0.29, 0.717) is 13.1 Å². The van der Waals surface area contributed by atoms with Gasteiger partial charge in [-0.1, -0.05) is 17.7 Å². The van der Waals surface area contributed by atoms with E-state index < -0.39 is 17.7 Å². The second-order valence-corrected chi connectivity index (χ2v) is 6.70. The van der Waals surface area contributed by atoms with Crippen LogP contribution in [0.15, 0.2) is 30.6 Å². The number of likely N-dealkylation sites (tertiary alicyclic amines) is 1. The van der Waals surface area contributed by atoms with Gasteiger partial charge in [-0.25, -0.2) is 14.4 Å². The third-order valence-corrected chi connectivity index (χ3v) is 4.80. The summed E-state index contributed by atoms with van der Waals surface area (Å²) in [5.74, 6) is -0.227. The molecule has 4 nitrogen and oxygen atoms in total. The van der Waals surface area contributed by atoms with Gasteiger partial charge in [0.05, 0.1) is 5.02 Å². The fraction of sp³-hybridized carbons (Fsp3) is 0.412. The Kier molecular flexibility index (Phi) is 5.34. The van der Waals surface area contributed by atoms with Gasteiger partial charge in [0.2, 0.25) is 0 Å². The molecule has 0 bridgehead atoms. The second kappa shape index (κ2) is 7.36. The van der Waals surface area contributed by atoms with Crippen LogP contribution in [-0.2, 0) is 12.7 Å². The Morgan fingerprint density at radius 2 is 2.04 bits per heavy atom. The number of likely N-dealkylation sites (N-methyl/N-ethyl adjacent to an activating group) is 1. The molecule has 1 saturated heterocycles.